The van der Waals surface area contributed by atoms with Gasteiger partial charge in [-0.2, -0.15) is 0 Å². The van der Waals surface area contributed by atoms with Crippen molar-refractivity contribution in [1.29, 1.82) is 0 Å². The lowest BCUT2D eigenvalue weighted by Gasteiger charge is -2.03. The molecule has 19 heavy (non-hydrogen) atoms. The molecule has 3 aromatic rings. The van der Waals surface area contributed by atoms with Crippen molar-refractivity contribution >= 4 is 11.3 Å². The Bertz CT molecular complexity index is 702. The second-order valence-corrected chi connectivity index (χ2v) is 5.45. The molecule has 0 aliphatic rings. The number of thiazole rings is 1. The quantitative estimate of drug-likeness (QED) is 0.683. The van der Waals surface area contributed by atoms with E-state index in [2.05, 4.69) is 42.4 Å². The van der Waals surface area contributed by atoms with Crippen molar-refractivity contribution in [3.8, 4) is 21.8 Å². The molecule has 0 bridgehead atoms. The lowest BCUT2D eigenvalue weighted by molar-refractivity contribution is 1.31. The Labute approximate surface area is 116 Å². The monoisotopic (exact) mass is 266 g/mol. The van der Waals surface area contributed by atoms with Gasteiger partial charge in [0.1, 0.15) is 5.01 Å². The third-order valence-corrected chi connectivity index (χ3v) is 3.98. The summed E-state index contributed by atoms with van der Waals surface area (Å²) in [5.41, 5.74) is 5.94. The summed E-state index contributed by atoms with van der Waals surface area (Å²) in [5, 5.41) is 3.16. The molecule has 0 N–H and O–H groups in total. The van der Waals surface area contributed by atoms with Gasteiger partial charge in [0.15, 0.2) is 0 Å². The van der Waals surface area contributed by atoms with Gasteiger partial charge in [-0.05, 0) is 31.5 Å². The molecule has 0 aliphatic carbocycles. The molecule has 2 nitrogen and oxygen atoms in total. The molecule has 3 rings (SSSR count). The molecular formula is C16H14N2S. The maximum absolute atomic E-state index is 4.73. The number of hydrogen-bond acceptors (Lipinski definition) is 3. The molecule has 2 heterocycles. The fourth-order valence-electron chi connectivity index (χ4n) is 2.13. The first kappa shape index (κ1) is 12.1. The highest BCUT2D eigenvalue weighted by molar-refractivity contribution is 7.13. The molecule has 0 atom stereocenters. The van der Waals surface area contributed by atoms with Crippen molar-refractivity contribution in [3.63, 3.8) is 0 Å². The summed E-state index contributed by atoms with van der Waals surface area (Å²) in [6, 6.07) is 10.5. The van der Waals surface area contributed by atoms with Crippen molar-refractivity contribution in [2.45, 2.75) is 13.8 Å². The van der Waals surface area contributed by atoms with Gasteiger partial charge in [0.25, 0.3) is 0 Å². The van der Waals surface area contributed by atoms with Crippen LogP contribution < -0.4 is 0 Å². The maximum Gasteiger partial charge on any atom is 0.124 e. The fraction of sp³-hybridized carbons (Fsp3) is 0.125. The van der Waals surface area contributed by atoms with Crippen molar-refractivity contribution in [2.24, 2.45) is 0 Å². The van der Waals surface area contributed by atoms with Gasteiger partial charge in [0.2, 0.25) is 0 Å². The molecule has 0 amide bonds. The van der Waals surface area contributed by atoms with Crippen LogP contribution in [0.4, 0.5) is 0 Å². The zero-order chi connectivity index (χ0) is 13.2. The number of nitrogens with zero attached hydrogens (tertiary/aromatic N) is 2. The predicted octanol–water partition coefficient (Wildman–Crippen LogP) is 4.49. The smallest absolute Gasteiger partial charge is 0.124 e. The number of aryl methyl sites for hydroxylation is 2. The maximum atomic E-state index is 4.73. The van der Waals surface area contributed by atoms with Crippen molar-refractivity contribution in [3.05, 3.63) is 59.2 Å². The van der Waals surface area contributed by atoms with Crippen LogP contribution in [0, 0.1) is 13.8 Å². The summed E-state index contributed by atoms with van der Waals surface area (Å²) < 4.78 is 0. The number of pyridine rings is 1. The Balaban J connectivity index is 2.02. The van der Waals surface area contributed by atoms with Gasteiger partial charge in [-0.25, -0.2) is 4.98 Å². The van der Waals surface area contributed by atoms with Crippen LogP contribution in [0.2, 0.25) is 0 Å². The molecular weight excluding hydrogens is 252 g/mol. The largest absolute Gasteiger partial charge is 0.265 e. The molecule has 0 saturated heterocycles. The topological polar surface area (TPSA) is 25.8 Å². The van der Waals surface area contributed by atoms with Crippen molar-refractivity contribution < 1.29 is 0 Å². The summed E-state index contributed by atoms with van der Waals surface area (Å²) in [5.74, 6) is 0. The summed E-state index contributed by atoms with van der Waals surface area (Å²) in [4.78, 5) is 8.77. The summed E-state index contributed by atoms with van der Waals surface area (Å²) in [6.45, 7) is 4.24. The van der Waals surface area contributed by atoms with Crippen molar-refractivity contribution in [1.82, 2.24) is 9.97 Å². The Kier molecular flexibility index (Phi) is 3.13. The first-order chi connectivity index (χ1) is 9.24. The molecule has 0 unspecified atom stereocenters. The van der Waals surface area contributed by atoms with Crippen LogP contribution in [-0.2, 0) is 0 Å². The van der Waals surface area contributed by atoms with Crippen LogP contribution in [0.3, 0.4) is 0 Å². The highest BCUT2D eigenvalue weighted by atomic mass is 32.1. The van der Waals surface area contributed by atoms with Crippen LogP contribution in [0.1, 0.15) is 11.1 Å². The number of benzene rings is 1. The van der Waals surface area contributed by atoms with Crippen LogP contribution in [0.15, 0.2) is 48.1 Å². The second-order valence-electron chi connectivity index (χ2n) is 4.59. The third kappa shape index (κ3) is 2.42. The zero-order valence-electron chi connectivity index (χ0n) is 10.9. The van der Waals surface area contributed by atoms with E-state index in [1.165, 1.54) is 16.7 Å². The van der Waals surface area contributed by atoms with Gasteiger partial charge in [0, 0.05) is 28.9 Å². The van der Waals surface area contributed by atoms with E-state index in [0.717, 1.165) is 16.3 Å². The standard InChI is InChI=1S/C16H14N2S/c1-11-3-4-14(12(2)9-11)15-10-19-16(18-15)13-5-7-17-8-6-13/h3-10H,1-2H3. The Morgan fingerprint density at radius 1 is 1.00 bits per heavy atom. The van der Waals surface area contributed by atoms with E-state index < -0.39 is 0 Å². The number of hydrogen-bond donors (Lipinski definition) is 0. The first-order valence-electron chi connectivity index (χ1n) is 6.17. The zero-order valence-corrected chi connectivity index (χ0v) is 11.7. The number of rotatable bonds is 2. The average molecular weight is 266 g/mol. The molecule has 0 aliphatic heterocycles. The highest BCUT2D eigenvalue weighted by Gasteiger charge is 2.08. The average Bonchev–Trinajstić information content (AvgIpc) is 2.89. The van der Waals surface area contributed by atoms with Crippen LogP contribution in [0.5, 0.6) is 0 Å². The Morgan fingerprint density at radius 2 is 1.79 bits per heavy atom. The normalized spacial score (nSPS) is 10.6. The van der Waals surface area contributed by atoms with Crippen molar-refractivity contribution in [2.75, 3.05) is 0 Å². The van der Waals surface area contributed by atoms with Crippen LogP contribution in [0.25, 0.3) is 21.8 Å². The Hall–Kier alpha value is -2.00. The predicted molar refractivity (Wildman–Crippen MR) is 80.3 cm³/mol. The van der Waals surface area contributed by atoms with E-state index in [-0.39, 0.29) is 0 Å². The van der Waals surface area contributed by atoms with E-state index in [1.807, 2.05) is 12.1 Å². The van der Waals surface area contributed by atoms with E-state index >= 15 is 0 Å². The highest BCUT2D eigenvalue weighted by Crippen LogP contribution is 2.30. The van der Waals surface area contributed by atoms with Gasteiger partial charge in [-0.15, -0.1) is 11.3 Å². The van der Waals surface area contributed by atoms with Crippen LogP contribution in [-0.4, -0.2) is 9.97 Å². The molecule has 3 heteroatoms. The summed E-state index contributed by atoms with van der Waals surface area (Å²) >= 11 is 1.67. The summed E-state index contributed by atoms with van der Waals surface area (Å²) in [6.07, 6.45) is 3.60. The third-order valence-electron chi connectivity index (χ3n) is 3.09. The minimum atomic E-state index is 1.04. The molecule has 0 radical (unpaired) electrons. The molecule has 94 valence electrons. The van der Waals surface area contributed by atoms with Gasteiger partial charge >= 0.3 is 0 Å². The minimum Gasteiger partial charge on any atom is -0.265 e. The molecule has 0 spiro atoms. The fourth-order valence-corrected chi connectivity index (χ4v) is 2.95. The molecule has 1 aromatic carbocycles. The van der Waals surface area contributed by atoms with E-state index in [4.69, 9.17) is 4.98 Å². The minimum absolute atomic E-state index is 1.04. The second kappa shape index (κ2) is 4.94. The van der Waals surface area contributed by atoms with Gasteiger partial charge in [-0.1, -0.05) is 23.8 Å². The van der Waals surface area contributed by atoms with E-state index in [1.54, 1.807) is 23.7 Å². The van der Waals surface area contributed by atoms with Gasteiger partial charge in [0.05, 0.1) is 5.69 Å². The van der Waals surface area contributed by atoms with E-state index in [0.29, 0.717) is 0 Å². The van der Waals surface area contributed by atoms with Gasteiger partial charge < -0.3 is 0 Å². The Morgan fingerprint density at radius 3 is 2.53 bits per heavy atom. The summed E-state index contributed by atoms with van der Waals surface area (Å²) in [7, 11) is 0. The van der Waals surface area contributed by atoms with Crippen LogP contribution >= 0.6 is 11.3 Å². The lowest BCUT2D eigenvalue weighted by atomic mass is 10.0. The number of aromatic nitrogens is 2. The van der Waals surface area contributed by atoms with E-state index in [9.17, 15) is 0 Å². The first-order valence-corrected chi connectivity index (χ1v) is 7.05. The van der Waals surface area contributed by atoms with Gasteiger partial charge in [-0.3, -0.25) is 4.98 Å². The molecule has 0 fully saturated rings. The lowest BCUT2D eigenvalue weighted by Crippen LogP contribution is -1.85. The molecule has 0 saturated carbocycles. The molecule has 2 aromatic heterocycles. The SMILES string of the molecule is Cc1ccc(-c2csc(-c3ccncc3)n2)c(C)c1.